The lowest BCUT2D eigenvalue weighted by molar-refractivity contribution is 0.0704. The van der Waals surface area contributed by atoms with E-state index in [-0.39, 0.29) is 15.2 Å². The van der Waals surface area contributed by atoms with E-state index in [0.717, 1.165) is 18.9 Å². The summed E-state index contributed by atoms with van der Waals surface area (Å²) < 4.78 is 27.0. The van der Waals surface area contributed by atoms with E-state index in [1.165, 1.54) is 11.0 Å². The van der Waals surface area contributed by atoms with E-state index >= 15 is 0 Å². The van der Waals surface area contributed by atoms with Crippen LogP contribution in [-0.4, -0.2) is 29.9 Å². The van der Waals surface area contributed by atoms with Gasteiger partial charge in [-0.1, -0.05) is 0 Å². The Bertz CT molecular complexity index is 481. The lowest BCUT2D eigenvalue weighted by Crippen LogP contribution is -2.45. The van der Waals surface area contributed by atoms with Gasteiger partial charge in [0.05, 0.1) is 5.56 Å². The zero-order valence-electron chi connectivity index (χ0n) is 9.63. The van der Waals surface area contributed by atoms with Crippen molar-refractivity contribution >= 4 is 28.5 Å². The molecule has 0 unspecified atom stereocenters. The van der Waals surface area contributed by atoms with Crippen LogP contribution in [-0.2, 0) is 0 Å². The summed E-state index contributed by atoms with van der Waals surface area (Å²) >= 11 is 1.74. The van der Waals surface area contributed by atoms with Crippen molar-refractivity contribution in [1.82, 2.24) is 4.90 Å². The molecule has 6 heteroatoms. The number of benzene rings is 1. The summed E-state index contributed by atoms with van der Waals surface area (Å²) in [6.45, 7) is 0.992. The molecule has 2 N–H and O–H groups in total. The van der Waals surface area contributed by atoms with Gasteiger partial charge in [0.2, 0.25) is 0 Å². The normalized spacial score (nSPS) is 20.0. The molecule has 0 aliphatic carbocycles. The topological polar surface area (TPSA) is 46.3 Å². The van der Waals surface area contributed by atoms with Crippen LogP contribution >= 0.6 is 22.6 Å². The second-order valence-electron chi connectivity index (χ2n) is 4.40. The summed E-state index contributed by atoms with van der Waals surface area (Å²) in [4.78, 5) is 13.7. The molecule has 0 radical (unpaired) electrons. The number of nitrogens with zero attached hydrogens (tertiary/aromatic N) is 1. The number of amides is 1. The number of rotatable bonds is 1. The van der Waals surface area contributed by atoms with E-state index in [2.05, 4.69) is 0 Å². The highest BCUT2D eigenvalue weighted by atomic mass is 127. The molecular weight excluding hydrogens is 353 g/mol. The number of likely N-dealkylation sites (tertiary alicyclic amines) is 1. The fourth-order valence-corrected chi connectivity index (χ4v) is 2.52. The number of hydrogen-bond donors (Lipinski definition) is 1. The Morgan fingerprint density at radius 1 is 1.39 bits per heavy atom. The maximum Gasteiger partial charge on any atom is 0.256 e. The fraction of sp³-hybridized carbons (Fsp3) is 0.417. The van der Waals surface area contributed by atoms with E-state index < -0.39 is 17.5 Å². The maximum atomic E-state index is 13.6. The van der Waals surface area contributed by atoms with Crippen molar-refractivity contribution in [3.63, 3.8) is 0 Å². The molecular formula is C12H13F2IN2O. The van der Waals surface area contributed by atoms with Gasteiger partial charge >= 0.3 is 0 Å². The number of carbonyl (C=O) groups is 1. The van der Waals surface area contributed by atoms with Crippen molar-refractivity contribution in [2.45, 2.75) is 18.9 Å². The Morgan fingerprint density at radius 3 is 2.78 bits per heavy atom. The predicted octanol–water partition coefficient (Wildman–Crippen LogP) is 2.13. The van der Waals surface area contributed by atoms with Crippen LogP contribution in [0.5, 0.6) is 0 Å². The Hall–Kier alpha value is -0.760. The molecule has 1 amide bonds. The molecule has 1 saturated heterocycles. The summed E-state index contributed by atoms with van der Waals surface area (Å²) in [5.41, 5.74) is 5.70. The predicted molar refractivity (Wildman–Crippen MR) is 72.2 cm³/mol. The van der Waals surface area contributed by atoms with Gasteiger partial charge in [-0.15, -0.1) is 0 Å². The third-order valence-electron chi connectivity index (χ3n) is 2.99. The SMILES string of the molecule is N[C@H]1CCCN(C(=O)c2cc(I)c(F)cc2F)C1. The second-order valence-corrected chi connectivity index (χ2v) is 5.56. The quantitative estimate of drug-likeness (QED) is 0.612. The number of halogens is 3. The molecule has 0 bridgehead atoms. The number of hydrogen-bond acceptors (Lipinski definition) is 2. The van der Waals surface area contributed by atoms with E-state index in [0.29, 0.717) is 13.1 Å². The van der Waals surface area contributed by atoms with Gasteiger partial charge in [0, 0.05) is 28.8 Å². The van der Waals surface area contributed by atoms with Crippen LogP contribution in [0.25, 0.3) is 0 Å². The minimum absolute atomic E-state index is 0.0646. The summed E-state index contributed by atoms with van der Waals surface area (Å²) in [5, 5.41) is 0. The maximum absolute atomic E-state index is 13.6. The lowest BCUT2D eigenvalue weighted by Gasteiger charge is -2.30. The zero-order chi connectivity index (χ0) is 13.3. The average Bonchev–Trinajstić information content (AvgIpc) is 2.33. The van der Waals surface area contributed by atoms with Gasteiger partial charge in [-0.3, -0.25) is 4.79 Å². The Morgan fingerprint density at radius 2 is 2.11 bits per heavy atom. The highest BCUT2D eigenvalue weighted by Crippen LogP contribution is 2.20. The standard InChI is InChI=1S/C12H13F2IN2O/c13-9-5-10(14)11(15)4-8(9)12(18)17-3-1-2-7(16)6-17/h4-5,7H,1-3,6,16H2/t7-/m0/s1. The minimum atomic E-state index is -0.822. The molecule has 1 aromatic carbocycles. The molecule has 1 atom stereocenters. The monoisotopic (exact) mass is 366 g/mol. The van der Waals surface area contributed by atoms with Crippen LogP contribution in [0.2, 0.25) is 0 Å². The minimum Gasteiger partial charge on any atom is -0.337 e. The van der Waals surface area contributed by atoms with Gasteiger partial charge in [0.1, 0.15) is 11.6 Å². The third kappa shape index (κ3) is 2.80. The molecule has 3 nitrogen and oxygen atoms in total. The molecule has 1 fully saturated rings. The van der Waals surface area contributed by atoms with Gasteiger partial charge in [0.25, 0.3) is 5.91 Å². The molecule has 0 spiro atoms. The van der Waals surface area contributed by atoms with Gasteiger partial charge in [-0.05, 0) is 41.5 Å². The summed E-state index contributed by atoms with van der Waals surface area (Å²) in [6.07, 6.45) is 1.68. The molecule has 1 aromatic rings. The van der Waals surface area contributed by atoms with Crippen LogP contribution < -0.4 is 5.73 Å². The molecule has 2 rings (SSSR count). The summed E-state index contributed by atoms with van der Waals surface area (Å²) in [5.74, 6) is -1.89. The first kappa shape index (κ1) is 13.7. The first-order valence-electron chi connectivity index (χ1n) is 5.68. The smallest absolute Gasteiger partial charge is 0.256 e. The van der Waals surface area contributed by atoms with Crippen LogP contribution in [0.4, 0.5) is 8.78 Å². The van der Waals surface area contributed by atoms with Crippen molar-refractivity contribution < 1.29 is 13.6 Å². The number of piperidine rings is 1. The molecule has 0 aromatic heterocycles. The zero-order valence-corrected chi connectivity index (χ0v) is 11.8. The Balaban J connectivity index is 2.25. The van der Waals surface area contributed by atoms with Crippen molar-refractivity contribution in [1.29, 1.82) is 0 Å². The first-order valence-corrected chi connectivity index (χ1v) is 6.76. The van der Waals surface area contributed by atoms with Gasteiger partial charge in [0.15, 0.2) is 0 Å². The van der Waals surface area contributed by atoms with Gasteiger partial charge < -0.3 is 10.6 Å². The number of nitrogens with two attached hydrogens (primary N) is 1. The Kier molecular flexibility index (Phi) is 4.16. The van der Waals surface area contributed by atoms with Gasteiger partial charge in [-0.25, -0.2) is 8.78 Å². The largest absolute Gasteiger partial charge is 0.337 e. The lowest BCUT2D eigenvalue weighted by atomic mass is 10.1. The molecule has 1 heterocycles. The van der Waals surface area contributed by atoms with Crippen LogP contribution in [0.1, 0.15) is 23.2 Å². The van der Waals surface area contributed by atoms with Crippen molar-refractivity contribution in [2.75, 3.05) is 13.1 Å². The Labute approximate surface area is 117 Å². The van der Waals surface area contributed by atoms with Crippen LogP contribution in [0.15, 0.2) is 12.1 Å². The molecule has 18 heavy (non-hydrogen) atoms. The highest BCUT2D eigenvalue weighted by Gasteiger charge is 2.25. The first-order chi connectivity index (χ1) is 8.49. The van der Waals surface area contributed by atoms with E-state index in [9.17, 15) is 13.6 Å². The van der Waals surface area contributed by atoms with Crippen LogP contribution in [0.3, 0.4) is 0 Å². The third-order valence-corrected chi connectivity index (χ3v) is 3.81. The summed E-state index contributed by atoms with van der Waals surface area (Å²) in [6, 6.07) is 1.93. The summed E-state index contributed by atoms with van der Waals surface area (Å²) in [7, 11) is 0. The second kappa shape index (κ2) is 5.48. The molecule has 1 aliphatic rings. The fourth-order valence-electron chi connectivity index (χ4n) is 2.05. The number of carbonyl (C=O) groups excluding carboxylic acids is 1. The van der Waals surface area contributed by atoms with E-state index in [1.54, 1.807) is 22.6 Å². The van der Waals surface area contributed by atoms with Gasteiger partial charge in [-0.2, -0.15) is 0 Å². The van der Waals surface area contributed by atoms with Crippen molar-refractivity contribution in [3.8, 4) is 0 Å². The molecule has 98 valence electrons. The highest BCUT2D eigenvalue weighted by molar-refractivity contribution is 14.1. The average molecular weight is 366 g/mol. The van der Waals surface area contributed by atoms with E-state index in [1.807, 2.05) is 0 Å². The van der Waals surface area contributed by atoms with Crippen LogP contribution in [0, 0.1) is 15.2 Å². The molecule has 1 aliphatic heterocycles. The van der Waals surface area contributed by atoms with E-state index in [4.69, 9.17) is 5.73 Å². The van der Waals surface area contributed by atoms with Crippen molar-refractivity contribution in [3.05, 3.63) is 32.9 Å². The van der Waals surface area contributed by atoms with Crippen molar-refractivity contribution in [2.24, 2.45) is 5.73 Å². The molecule has 0 saturated carbocycles.